The Kier molecular flexibility index (Phi) is 4.51. The van der Waals surface area contributed by atoms with Gasteiger partial charge in [-0.15, -0.1) is 0 Å². The first-order valence-electron chi connectivity index (χ1n) is 7.88. The molecule has 0 fully saturated rings. The summed E-state index contributed by atoms with van der Waals surface area (Å²) in [6.07, 6.45) is 0.0142. The molecular formula is C19H19F2NO2. The number of aryl methyl sites for hydroxylation is 1. The van der Waals surface area contributed by atoms with Gasteiger partial charge in [0.25, 0.3) is 0 Å². The van der Waals surface area contributed by atoms with E-state index in [4.69, 9.17) is 9.47 Å². The van der Waals surface area contributed by atoms with Crippen molar-refractivity contribution in [1.29, 1.82) is 0 Å². The van der Waals surface area contributed by atoms with Crippen LogP contribution in [0, 0.1) is 18.6 Å². The van der Waals surface area contributed by atoms with E-state index in [1.165, 1.54) is 18.2 Å². The molecule has 0 aromatic heterocycles. The lowest BCUT2D eigenvalue weighted by Crippen LogP contribution is -2.09. The SMILES string of the molecule is Cc1ccc(C2COC(c3c(F)cccc3F)=N2)c(OC(C)C)c1. The van der Waals surface area contributed by atoms with E-state index in [0.29, 0.717) is 0 Å². The van der Waals surface area contributed by atoms with Gasteiger partial charge in [0.1, 0.15) is 35.6 Å². The van der Waals surface area contributed by atoms with Gasteiger partial charge in [-0.2, -0.15) is 0 Å². The Morgan fingerprint density at radius 3 is 2.54 bits per heavy atom. The molecule has 0 bridgehead atoms. The zero-order chi connectivity index (χ0) is 17.3. The van der Waals surface area contributed by atoms with Crippen LogP contribution < -0.4 is 4.74 Å². The van der Waals surface area contributed by atoms with Crippen molar-refractivity contribution in [3.8, 4) is 5.75 Å². The van der Waals surface area contributed by atoms with Crippen molar-refractivity contribution in [3.63, 3.8) is 0 Å². The lowest BCUT2D eigenvalue weighted by Gasteiger charge is -2.16. The number of aliphatic imine (C=N–C) groups is 1. The maximum Gasteiger partial charge on any atom is 0.222 e. The number of rotatable bonds is 4. The van der Waals surface area contributed by atoms with Crippen LogP contribution in [0.15, 0.2) is 41.4 Å². The van der Waals surface area contributed by atoms with E-state index in [-0.39, 0.29) is 30.2 Å². The van der Waals surface area contributed by atoms with Crippen LogP contribution in [-0.2, 0) is 4.74 Å². The van der Waals surface area contributed by atoms with Crippen LogP contribution in [0.5, 0.6) is 5.75 Å². The van der Waals surface area contributed by atoms with Gasteiger partial charge in [0, 0.05) is 5.56 Å². The summed E-state index contributed by atoms with van der Waals surface area (Å²) >= 11 is 0. The number of hydrogen-bond acceptors (Lipinski definition) is 3. The van der Waals surface area contributed by atoms with Crippen molar-refractivity contribution in [2.24, 2.45) is 4.99 Å². The highest BCUT2D eigenvalue weighted by Gasteiger charge is 2.28. The first-order chi connectivity index (χ1) is 11.5. The summed E-state index contributed by atoms with van der Waals surface area (Å²) in [6, 6.07) is 9.16. The third-order valence-electron chi connectivity index (χ3n) is 3.72. The third kappa shape index (κ3) is 3.25. The minimum absolute atomic E-state index is 0.00771. The van der Waals surface area contributed by atoms with Gasteiger partial charge in [-0.1, -0.05) is 18.2 Å². The largest absolute Gasteiger partial charge is 0.491 e. The molecule has 24 heavy (non-hydrogen) atoms. The van der Waals surface area contributed by atoms with Gasteiger partial charge in [0.05, 0.1) is 6.10 Å². The minimum Gasteiger partial charge on any atom is -0.491 e. The molecule has 126 valence electrons. The second kappa shape index (κ2) is 6.59. The van der Waals surface area contributed by atoms with E-state index in [0.717, 1.165) is 16.9 Å². The monoisotopic (exact) mass is 331 g/mol. The van der Waals surface area contributed by atoms with Gasteiger partial charge in [0.15, 0.2) is 0 Å². The minimum atomic E-state index is -0.683. The van der Waals surface area contributed by atoms with E-state index in [1.807, 2.05) is 39.0 Å². The average molecular weight is 331 g/mol. The molecule has 0 N–H and O–H groups in total. The molecular weight excluding hydrogens is 312 g/mol. The van der Waals surface area contributed by atoms with Crippen molar-refractivity contribution < 1.29 is 18.3 Å². The summed E-state index contributed by atoms with van der Waals surface area (Å²) < 4.78 is 39.1. The Hall–Kier alpha value is -2.43. The normalized spacial score (nSPS) is 16.9. The fourth-order valence-electron chi connectivity index (χ4n) is 2.64. The quantitative estimate of drug-likeness (QED) is 0.821. The van der Waals surface area contributed by atoms with Crippen LogP contribution in [0.4, 0.5) is 8.78 Å². The van der Waals surface area contributed by atoms with E-state index in [2.05, 4.69) is 4.99 Å². The van der Waals surface area contributed by atoms with Gasteiger partial charge < -0.3 is 9.47 Å². The molecule has 0 spiro atoms. The molecule has 2 aromatic carbocycles. The topological polar surface area (TPSA) is 30.8 Å². The molecule has 1 heterocycles. The maximum atomic E-state index is 13.9. The molecule has 1 atom stereocenters. The van der Waals surface area contributed by atoms with Crippen molar-refractivity contribution >= 4 is 5.90 Å². The highest BCUT2D eigenvalue weighted by atomic mass is 19.1. The smallest absolute Gasteiger partial charge is 0.222 e. The zero-order valence-electron chi connectivity index (χ0n) is 13.8. The summed E-state index contributed by atoms with van der Waals surface area (Å²) in [7, 11) is 0. The lowest BCUT2D eigenvalue weighted by molar-refractivity contribution is 0.236. The molecule has 3 nitrogen and oxygen atoms in total. The van der Waals surface area contributed by atoms with Crippen LogP contribution in [0.2, 0.25) is 0 Å². The Bertz CT molecular complexity index is 767. The number of ether oxygens (including phenoxy) is 2. The molecule has 2 aromatic rings. The molecule has 1 aliphatic rings. The van der Waals surface area contributed by atoms with Crippen LogP contribution in [0.3, 0.4) is 0 Å². The van der Waals surface area contributed by atoms with Gasteiger partial charge in [-0.05, 0) is 44.5 Å². The zero-order valence-corrected chi connectivity index (χ0v) is 13.8. The highest BCUT2D eigenvalue weighted by Crippen LogP contribution is 2.34. The summed E-state index contributed by atoms with van der Waals surface area (Å²) in [4.78, 5) is 4.38. The number of hydrogen-bond donors (Lipinski definition) is 0. The van der Waals surface area contributed by atoms with Crippen molar-refractivity contribution in [2.45, 2.75) is 32.9 Å². The van der Waals surface area contributed by atoms with Gasteiger partial charge >= 0.3 is 0 Å². The lowest BCUT2D eigenvalue weighted by atomic mass is 10.0. The number of benzene rings is 2. The Morgan fingerprint density at radius 1 is 1.17 bits per heavy atom. The van der Waals surface area contributed by atoms with Crippen LogP contribution in [0.25, 0.3) is 0 Å². The van der Waals surface area contributed by atoms with Crippen molar-refractivity contribution in [3.05, 3.63) is 64.7 Å². The summed E-state index contributed by atoms with van der Waals surface area (Å²) in [5, 5.41) is 0. The first kappa shape index (κ1) is 16.4. The Labute approximate surface area is 139 Å². The Balaban J connectivity index is 1.97. The Morgan fingerprint density at radius 2 is 1.88 bits per heavy atom. The standard InChI is InChI=1S/C19H19F2NO2/c1-11(2)24-17-9-12(3)7-8-13(17)16-10-23-19(22-16)18-14(20)5-4-6-15(18)21/h4-9,11,16H,10H2,1-3H3. The van der Waals surface area contributed by atoms with E-state index in [1.54, 1.807) is 0 Å². The van der Waals surface area contributed by atoms with Crippen molar-refractivity contribution in [2.75, 3.05) is 6.61 Å². The predicted molar refractivity (Wildman–Crippen MR) is 88.5 cm³/mol. The molecule has 0 saturated heterocycles. The average Bonchev–Trinajstić information content (AvgIpc) is 2.96. The van der Waals surface area contributed by atoms with Crippen LogP contribution in [0.1, 0.15) is 36.6 Å². The van der Waals surface area contributed by atoms with E-state index < -0.39 is 11.6 Å². The molecule has 1 aliphatic heterocycles. The van der Waals surface area contributed by atoms with Crippen molar-refractivity contribution in [1.82, 2.24) is 0 Å². The van der Waals surface area contributed by atoms with Gasteiger partial charge in [-0.3, -0.25) is 0 Å². The fraction of sp³-hybridized carbons (Fsp3) is 0.316. The number of nitrogens with zero attached hydrogens (tertiary/aromatic N) is 1. The van der Waals surface area contributed by atoms with Crippen LogP contribution >= 0.6 is 0 Å². The first-order valence-corrected chi connectivity index (χ1v) is 7.88. The van der Waals surface area contributed by atoms with Crippen LogP contribution in [-0.4, -0.2) is 18.6 Å². The highest BCUT2D eigenvalue weighted by molar-refractivity contribution is 5.95. The second-order valence-corrected chi connectivity index (χ2v) is 6.07. The predicted octanol–water partition coefficient (Wildman–Crippen LogP) is 4.58. The maximum absolute atomic E-state index is 13.9. The molecule has 0 amide bonds. The second-order valence-electron chi connectivity index (χ2n) is 6.07. The van der Waals surface area contributed by atoms with E-state index >= 15 is 0 Å². The fourth-order valence-corrected chi connectivity index (χ4v) is 2.64. The molecule has 3 rings (SSSR count). The third-order valence-corrected chi connectivity index (χ3v) is 3.72. The molecule has 1 unspecified atom stereocenters. The summed E-state index contributed by atoms with van der Waals surface area (Å²) in [6.45, 7) is 6.09. The van der Waals surface area contributed by atoms with Gasteiger partial charge in [0.2, 0.25) is 5.90 Å². The van der Waals surface area contributed by atoms with E-state index in [9.17, 15) is 8.78 Å². The summed E-state index contributed by atoms with van der Waals surface area (Å²) in [5.74, 6) is -0.654. The van der Waals surface area contributed by atoms with Gasteiger partial charge in [-0.25, -0.2) is 13.8 Å². The molecule has 5 heteroatoms. The molecule has 0 radical (unpaired) electrons. The summed E-state index contributed by atoms with van der Waals surface area (Å²) in [5.41, 5.74) is 1.69. The molecule has 0 aliphatic carbocycles. The molecule has 0 saturated carbocycles. The number of halogens is 2.